The molecule has 0 spiro atoms. The van der Waals surface area contributed by atoms with E-state index in [-0.39, 0.29) is 0 Å². The molecule has 0 aliphatic carbocycles. The fourth-order valence-electron chi connectivity index (χ4n) is 2.99. The zero-order chi connectivity index (χ0) is 10.5. The van der Waals surface area contributed by atoms with Gasteiger partial charge in [-0.2, -0.15) is 0 Å². The van der Waals surface area contributed by atoms with E-state index in [1.165, 1.54) is 58.3 Å². The van der Waals surface area contributed by atoms with Crippen LogP contribution in [-0.4, -0.2) is 55.1 Å². The highest BCUT2D eigenvalue weighted by atomic mass is 15.2. The molecule has 0 aromatic carbocycles. The lowest BCUT2D eigenvalue weighted by molar-refractivity contribution is 0.116. The molecule has 2 heterocycles. The zero-order valence-electron chi connectivity index (χ0n) is 9.83. The predicted molar refractivity (Wildman–Crippen MR) is 63.9 cm³/mol. The van der Waals surface area contributed by atoms with Crippen molar-refractivity contribution in [3.05, 3.63) is 0 Å². The third kappa shape index (κ3) is 3.16. The van der Waals surface area contributed by atoms with Gasteiger partial charge in [-0.3, -0.25) is 4.90 Å². The summed E-state index contributed by atoms with van der Waals surface area (Å²) in [6.07, 6.45) is 6.99. The van der Waals surface area contributed by atoms with Crippen molar-refractivity contribution in [1.29, 1.82) is 0 Å². The highest BCUT2D eigenvalue weighted by Crippen LogP contribution is 2.19. The Bertz CT molecular complexity index is 176. The second-order valence-electron chi connectivity index (χ2n) is 4.98. The van der Waals surface area contributed by atoms with Crippen LogP contribution in [0.2, 0.25) is 0 Å². The molecule has 0 radical (unpaired) electrons. The first-order valence-corrected chi connectivity index (χ1v) is 6.56. The molecule has 1 atom stereocenters. The molecule has 2 fully saturated rings. The number of likely N-dealkylation sites (tertiary alicyclic amines) is 2. The van der Waals surface area contributed by atoms with Crippen LogP contribution >= 0.6 is 0 Å². The predicted octanol–water partition coefficient (Wildman–Crippen LogP) is 0.895. The summed E-state index contributed by atoms with van der Waals surface area (Å²) in [5, 5.41) is 0. The Hall–Kier alpha value is -0.120. The lowest BCUT2D eigenvalue weighted by Gasteiger charge is -2.37. The Morgan fingerprint density at radius 3 is 2.47 bits per heavy atom. The molecule has 0 amide bonds. The molecule has 0 aromatic rings. The maximum atomic E-state index is 5.67. The van der Waals surface area contributed by atoms with E-state index in [0.717, 1.165) is 19.1 Å². The SMILES string of the molecule is NCCN1CCCCC1CN1CCCC1. The van der Waals surface area contributed by atoms with E-state index in [2.05, 4.69) is 9.80 Å². The number of hydrogen-bond acceptors (Lipinski definition) is 3. The van der Waals surface area contributed by atoms with Crippen molar-refractivity contribution in [1.82, 2.24) is 9.80 Å². The Balaban J connectivity index is 1.80. The molecular weight excluding hydrogens is 186 g/mol. The number of hydrogen-bond donors (Lipinski definition) is 1. The maximum Gasteiger partial charge on any atom is 0.0223 e. The summed E-state index contributed by atoms with van der Waals surface area (Å²) in [6, 6.07) is 0.792. The van der Waals surface area contributed by atoms with Crippen LogP contribution in [0.25, 0.3) is 0 Å². The highest BCUT2D eigenvalue weighted by molar-refractivity contribution is 4.81. The second kappa shape index (κ2) is 5.83. The average molecular weight is 211 g/mol. The summed E-state index contributed by atoms with van der Waals surface area (Å²) in [7, 11) is 0. The van der Waals surface area contributed by atoms with E-state index in [9.17, 15) is 0 Å². The van der Waals surface area contributed by atoms with Gasteiger partial charge < -0.3 is 10.6 Å². The first-order chi connectivity index (χ1) is 7.40. The van der Waals surface area contributed by atoms with Crippen molar-refractivity contribution < 1.29 is 0 Å². The molecule has 15 heavy (non-hydrogen) atoms. The van der Waals surface area contributed by atoms with Crippen LogP contribution in [0.4, 0.5) is 0 Å². The van der Waals surface area contributed by atoms with Gasteiger partial charge in [-0.1, -0.05) is 6.42 Å². The van der Waals surface area contributed by atoms with Crippen molar-refractivity contribution >= 4 is 0 Å². The van der Waals surface area contributed by atoms with Gasteiger partial charge in [-0.15, -0.1) is 0 Å². The second-order valence-corrected chi connectivity index (χ2v) is 4.98. The summed E-state index contributed by atoms with van der Waals surface area (Å²) < 4.78 is 0. The molecule has 0 aromatic heterocycles. The Morgan fingerprint density at radius 1 is 1.00 bits per heavy atom. The largest absolute Gasteiger partial charge is 0.329 e. The zero-order valence-corrected chi connectivity index (χ0v) is 9.83. The molecular formula is C12H25N3. The average Bonchev–Trinajstić information content (AvgIpc) is 2.74. The van der Waals surface area contributed by atoms with E-state index in [4.69, 9.17) is 5.73 Å². The third-order valence-electron chi connectivity index (χ3n) is 3.83. The normalized spacial score (nSPS) is 29.8. The third-order valence-corrected chi connectivity index (χ3v) is 3.83. The van der Waals surface area contributed by atoms with E-state index >= 15 is 0 Å². The van der Waals surface area contributed by atoms with Gasteiger partial charge in [-0.25, -0.2) is 0 Å². The number of piperidine rings is 1. The van der Waals surface area contributed by atoms with Gasteiger partial charge in [0.1, 0.15) is 0 Å². The maximum absolute atomic E-state index is 5.67. The van der Waals surface area contributed by atoms with Gasteiger partial charge in [-0.05, 0) is 45.3 Å². The Labute approximate surface area is 93.6 Å². The summed E-state index contributed by atoms with van der Waals surface area (Å²) >= 11 is 0. The molecule has 0 bridgehead atoms. The fraction of sp³-hybridized carbons (Fsp3) is 1.00. The molecule has 3 heteroatoms. The van der Waals surface area contributed by atoms with Crippen LogP contribution in [0.1, 0.15) is 32.1 Å². The van der Waals surface area contributed by atoms with Crippen LogP contribution < -0.4 is 5.73 Å². The van der Waals surface area contributed by atoms with Crippen LogP contribution in [-0.2, 0) is 0 Å². The van der Waals surface area contributed by atoms with Gasteiger partial charge in [0, 0.05) is 25.7 Å². The van der Waals surface area contributed by atoms with Crippen molar-refractivity contribution in [3.63, 3.8) is 0 Å². The van der Waals surface area contributed by atoms with E-state index in [1.54, 1.807) is 0 Å². The minimum atomic E-state index is 0.792. The van der Waals surface area contributed by atoms with Crippen LogP contribution in [0.5, 0.6) is 0 Å². The quantitative estimate of drug-likeness (QED) is 0.750. The molecule has 2 N–H and O–H groups in total. The minimum absolute atomic E-state index is 0.792. The standard InChI is InChI=1S/C12H25N3/c13-6-10-15-9-2-1-5-12(15)11-14-7-3-4-8-14/h12H,1-11,13H2. The number of nitrogens with two attached hydrogens (primary N) is 1. The molecule has 2 aliphatic heterocycles. The number of rotatable bonds is 4. The Morgan fingerprint density at radius 2 is 1.73 bits per heavy atom. The van der Waals surface area contributed by atoms with Crippen LogP contribution in [0.3, 0.4) is 0 Å². The molecule has 2 rings (SSSR count). The van der Waals surface area contributed by atoms with Crippen LogP contribution in [0.15, 0.2) is 0 Å². The lowest BCUT2D eigenvalue weighted by atomic mass is 10.0. The summed E-state index contributed by atoms with van der Waals surface area (Å²) in [5.74, 6) is 0. The van der Waals surface area contributed by atoms with Crippen molar-refractivity contribution in [2.75, 3.05) is 39.3 Å². The minimum Gasteiger partial charge on any atom is -0.329 e. The molecule has 1 unspecified atom stereocenters. The Kier molecular flexibility index (Phi) is 4.42. The van der Waals surface area contributed by atoms with Crippen molar-refractivity contribution in [3.8, 4) is 0 Å². The topological polar surface area (TPSA) is 32.5 Å². The number of nitrogens with zero attached hydrogens (tertiary/aromatic N) is 2. The smallest absolute Gasteiger partial charge is 0.0223 e. The van der Waals surface area contributed by atoms with Gasteiger partial charge >= 0.3 is 0 Å². The van der Waals surface area contributed by atoms with Gasteiger partial charge in [0.15, 0.2) is 0 Å². The van der Waals surface area contributed by atoms with Gasteiger partial charge in [0.25, 0.3) is 0 Å². The van der Waals surface area contributed by atoms with Crippen molar-refractivity contribution in [2.24, 2.45) is 5.73 Å². The summed E-state index contributed by atoms with van der Waals surface area (Å²) in [4.78, 5) is 5.25. The van der Waals surface area contributed by atoms with E-state index in [1.807, 2.05) is 0 Å². The molecule has 0 saturated carbocycles. The van der Waals surface area contributed by atoms with Gasteiger partial charge in [0.05, 0.1) is 0 Å². The summed E-state index contributed by atoms with van der Waals surface area (Å²) in [5.41, 5.74) is 5.67. The summed E-state index contributed by atoms with van der Waals surface area (Å²) in [6.45, 7) is 7.13. The van der Waals surface area contributed by atoms with E-state index in [0.29, 0.717) is 0 Å². The van der Waals surface area contributed by atoms with Gasteiger partial charge in [0.2, 0.25) is 0 Å². The fourth-order valence-corrected chi connectivity index (χ4v) is 2.99. The monoisotopic (exact) mass is 211 g/mol. The highest BCUT2D eigenvalue weighted by Gasteiger charge is 2.24. The van der Waals surface area contributed by atoms with Crippen molar-refractivity contribution in [2.45, 2.75) is 38.1 Å². The van der Waals surface area contributed by atoms with Crippen LogP contribution in [0, 0.1) is 0 Å². The lowest BCUT2D eigenvalue weighted by Crippen LogP contribution is -2.47. The molecule has 2 saturated heterocycles. The van der Waals surface area contributed by atoms with E-state index < -0.39 is 0 Å². The molecule has 2 aliphatic rings. The first-order valence-electron chi connectivity index (χ1n) is 6.56. The molecule has 88 valence electrons. The first kappa shape index (κ1) is 11.4. The molecule has 3 nitrogen and oxygen atoms in total.